The monoisotopic (exact) mass is 326 g/mol. The maximum absolute atomic E-state index is 11.8. The number of nitrogens with zero attached hydrogens (tertiary/aromatic N) is 3. The summed E-state index contributed by atoms with van der Waals surface area (Å²) >= 11 is 3.28. The van der Waals surface area contributed by atoms with Crippen LogP contribution in [0.3, 0.4) is 0 Å². The second-order valence-electron chi connectivity index (χ2n) is 5.02. The van der Waals surface area contributed by atoms with Gasteiger partial charge in [0.05, 0.1) is 23.9 Å². The number of aryl methyl sites for hydroxylation is 2. The van der Waals surface area contributed by atoms with Gasteiger partial charge in [0.15, 0.2) is 5.16 Å². The molecule has 114 valence electrons. The van der Waals surface area contributed by atoms with Gasteiger partial charge in [0.25, 0.3) is 0 Å². The van der Waals surface area contributed by atoms with Crippen molar-refractivity contribution in [3.05, 3.63) is 26.6 Å². The summed E-state index contributed by atoms with van der Waals surface area (Å²) < 4.78 is 7.29. The Morgan fingerprint density at radius 1 is 1.62 bits per heavy atom. The van der Waals surface area contributed by atoms with Gasteiger partial charge < -0.3 is 4.74 Å². The first-order chi connectivity index (χ1) is 10.2. The van der Waals surface area contributed by atoms with Gasteiger partial charge in [-0.15, -0.1) is 16.4 Å². The van der Waals surface area contributed by atoms with Gasteiger partial charge in [-0.25, -0.2) is 14.9 Å². The minimum atomic E-state index is -0.151. The molecule has 0 saturated carbocycles. The Kier molecular flexibility index (Phi) is 4.77. The summed E-state index contributed by atoms with van der Waals surface area (Å²) in [4.78, 5) is 17.4. The number of thioether (sulfide) groups is 1. The number of H-pyrrole nitrogens is 1. The predicted octanol–water partition coefficient (Wildman–Crippen LogP) is 1.85. The lowest BCUT2D eigenvalue weighted by Crippen LogP contribution is -2.25. The molecular formula is C13H18N4O2S2. The van der Waals surface area contributed by atoms with E-state index in [1.54, 1.807) is 27.7 Å². The van der Waals surface area contributed by atoms with E-state index in [0.29, 0.717) is 6.54 Å². The second kappa shape index (κ2) is 6.76. The van der Waals surface area contributed by atoms with Gasteiger partial charge in [-0.1, -0.05) is 11.8 Å². The first kappa shape index (κ1) is 14.8. The Balaban J connectivity index is 1.60. The summed E-state index contributed by atoms with van der Waals surface area (Å²) in [5.74, 6) is 0.888. The molecule has 2 aromatic rings. The standard InChI is InChI=1S/C13H18N4O2S2/c1-9-11(21-8-14-9)4-6-20-13-16-15-12(18)17(13)7-10-3-2-5-19-10/h8,10H,2-7H2,1H3,(H,15,18)/t10-/m1/s1. The number of nitrogens with one attached hydrogen (secondary N) is 1. The lowest BCUT2D eigenvalue weighted by Gasteiger charge is -2.10. The van der Waals surface area contributed by atoms with Gasteiger partial charge >= 0.3 is 5.69 Å². The summed E-state index contributed by atoms with van der Waals surface area (Å²) in [6.07, 6.45) is 3.18. The van der Waals surface area contributed by atoms with E-state index in [-0.39, 0.29) is 11.8 Å². The van der Waals surface area contributed by atoms with Crippen molar-refractivity contribution in [3.8, 4) is 0 Å². The van der Waals surface area contributed by atoms with Crippen LogP contribution < -0.4 is 5.69 Å². The highest BCUT2D eigenvalue weighted by atomic mass is 32.2. The summed E-state index contributed by atoms with van der Waals surface area (Å²) in [5, 5.41) is 7.41. The largest absolute Gasteiger partial charge is 0.376 e. The fourth-order valence-corrected chi connectivity index (χ4v) is 4.19. The number of ether oxygens (including phenoxy) is 1. The molecule has 0 unspecified atom stereocenters. The Labute approximate surface area is 130 Å². The Morgan fingerprint density at radius 3 is 3.24 bits per heavy atom. The van der Waals surface area contributed by atoms with Crippen LogP contribution in [0.1, 0.15) is 23.4 Å². The minimum Gasteiger partial charge on any atom is -0.376 e. The molecule has 1 fully saturated rings. The van der Waals surface area contributed by atoms with Gasteiger partial charge in [-0.3, -0.25) is 4.57 Å². The molecule has 0 aromatic carbocycles. The molecule has 3 rings (SSSR count). The van der Waals surface area contributed by atoms with Gasteiger partial charge in [-0.2, -0.15) is 0 Å². The molecule has 1 aliphatic heterocycles. The molecule has 0 bridgehead atoms. The van der Waals surface area contributed by atoms with Crippen molar-refractivity contribution >= 4 is 23.1 Å². The third-order valence-corrected chi connectivity index (χ3v) is 5.51. The van der Waals surface area contributed by atoms with Crippen LogP contribution in [0.25, 0.3) is 0 Å². The number of rotatable bonds is 6. The SMILES string of the molecule is Cc1ncsc1CCSc1n[nH]c(=O)n1C[C@H]1CCCO1. The first-order valence-electron chi connectivity index (χ1n) is 7.02. The third kappa shape index (κ3) is 3.56. The lowest BCUT2D eigenvalue weighted by molar-refractivity contribution is 0.0941. The molecule has 3 heterocycles. The predicted molar refractivity (Wildman–Crippen MR) is 83.1 cm³/mol. The van der Waals surface area contributed by atoms with Gasteiger partial charge in [-0.05, 0) is 26.2 Å². The van der Waals surface area contributed by atoms with E-state index >= 15 is 0 Å². The topological polar surface area (TPSA) is 72.8 Å². The number of aromatic nitrogens is 4. The number of aromatic amines is 1. The molecule has 1 atom stereocenters. The number of hydrogen-bond donors (Lipinski definition) is 1. The van der Waals surface area contributed by atoms with E-state index in [1.807, 2.05) is 12.4 Å². The van der Waals surface area contributed by atoms with Crippen LogP contribution in [0.15, 0.2) is 15.5 Å². The van der Waals surface area contributed by atoms with Crippen LogP contribution >= 0.6 is 23.1 Å². The van der Waals surface area contributed by atoms with E-state index in [4.69, 9.17) is 4.74 Å². The fraction of sp³-hybridized carbons (Fsp3) is 0.615. The Hall–Kier alpha value is -1.12. The van der Waals surface area contributed by atoms with Crippen molar-refractivity contribution < 1.29 is 4.74 Å². The summed E-state index contributed by atoms with van der Waals surface area (Å²) in [6, 6.07) is 0. The van der Waals surface area contributed by atoms with Gasteiger partial charge in [0.2, 0.25) is 0 Å². The van der Waals surface area contributed by atoms with Crippen LogP contribution in [0.2, 0.25) is 0 Å². The van der Waals surface area contributed by atoms with Gasteiger partial charge in [0.1, 0.15) is 0 Å². The Morgan fingerprint density at radius 2 is 2.52 bits per heavy atom. The molecule has 0 radical (unpaired) electrons. The van der Waals surface area contributed by atoms with Crippen LogP contribution in [0, 0.1) is 6.92 Å². The highest BCUT2D eigenvalue weighted by molar-refractivity contribution is 7.99. The zero-order valence-electron chi connectivity index (χ0n) is 11.9. The average Bonchev–Trinajstić information content (AvgIpc) is 3.18. The fourth-order valence-electron chi connectivity index (χ4n) is 2.37. The number of thiazole rings is 1. The van der Waals surface area contributed by atoms with Crippen molar-refractivity contribution in [3.63, 3.8) is 0 Å². The molecule has 8 heteroatoms. The van der Waals surface area contributed by atoms with E-state index in [9.17, 15) is 4.79 Å². The van der Waals surface area contributed by atoms with Crippen molar-refractivity contribution in [2.45, 2.75) is 44.0 Å². The molecule has 1 N–H and O–H groups in total. The van der Waals surface area contributed by atoms with Gasteiger partial charge in [0, 0.05) is 17.2 Å². The maximum Gasteiger partial charge on any atom is 0.344 e. The number of hydrogen-bond acceptors (Lipinski definition) is 6. The quantitative estimate of drug-likeness (QED) is 0.820. The third-order valence-electron chi connectivity index (χ3n) is 3.54. The molecular weight excluding hydrogens is 308 g/mol. The van der Waals surface area contributed by atoms with E-state index in [2.05, 4.69) is 15.2 Å². The van der Waals surface area contributed by atoms with E-state index in [0.717, 1.165) is 42.5 Å². The van der Waals surface area contributed by atoms with Crippen molar-refractivity contribution in [2.24, 2.45) is 0 Å². The zero-order valence-corrected chi connectivity index (χ0v) is 13.5. The molecule has 21 heavy (non-hydrogen) atoms. The summed E-state index contributed by atoms with van der Waals surface area (Å²) in [6.45, 7) is 3.42. The normalized spacial score (nSPS) is 18.4. The lowest BCUT2D eigenvalue weighted by atomic mass is 10.2. The van der Waals surface area contributed by atoms with Crippen molar-refractivity contribution in [2.75, 3.05) is 12.4 Å². The second-order valence-corrected chi connectivity index (χ2v) is 7.02. The molecule has 0 aliphatic carbocycles. The minimum absolute atomic E-state index is 0.142. The molecule has 2 aromatic heterocycles. The van der Waals surface area contributed by atoms with Crippen molar-refractivity contribution in [1.82, 2.24) is 19.7 Å². The molecule has 1 aliphatic rings. The van der Waals surface area contributed by atoms with Crippen LogP contribution in [-0.4, -0.2) is 38.2 Å². The highest BCUT2D eigenvalue weighted by Crippen LogP contribution is 2.21. The Bertz CT molecular complexity index is 643. The molecule has 6 nitrogen and oxygen atoms in total. The average molecular weight is 326 g/mol. The summed E-state index contributed by atoms with van der Waals surface area (Å²) in [5.41, 5.74) is 2.82. The smallest absolute Gasteiger partial charge is 0.344 e. The molecule has 1 saturated heterocycles. The first-order valence-corrected chi connectivity index (χ1v) is 8.89. The van der Waals surface area contributed by atoms with Crippen molar-refractivity contribution in [1.29, 1.82) is 0 Å². The van der Waals surface area contributed by atoms with Crippen LogP contribution in [-0.2, 0) is 17.7 Å². The van der Waals surface area contributed by atoms with E-state index in [1.165, 1.54) is 4.88 Å². The van der Waals surface area contributed by atoms with Crippen LogP contribution in [0.4, 0.5) is 0 Å². The summed E-state index contributed by atoms with van der Waals surface area (Å²) in [7, 11) is 0. The highest BCUT2D eigenvalue weighted by Gasteiger charge is 2.19. The maximum atomic E-state index is 11.8. The molecule has 0 spiro atoms. The van der Waals surface area contributed by atoms with Crippen LogP contribution in [0.5, 0.6) is 0 Å². The molecule has 0 amide bonds. The van der Waals surface area contributed by atoms with E-state index < -0.39 is 0 Å². The zero-order chi connectivity index (χ0) is 14.7.